The van der Waals surface area contributed by atoms with Crippen LogP contribution in [0.25, 0.3) is 11.4 Å². The maximum absolute atomic E-state index is 12.1. The van der Waals surface area contributed by atoms with Crippen LogP contribution in [0, 0.1) is 6.92 Å². The second-order valence-corrected chi connectivity index (χ2v) is 6.80. The molecule has 128 valence electrons. The van der Waals surface area contributed by atoms with Crippen molar-refractivity contribution in [1.29, 1.82) is 0 Å². The van der Waals surface area contributed by atoms with Gasteiger partial charge < -0.3 is 9.84 Å². The number of aromatic nitrogens is 2. The topological polar surface area (TPSA) is 68.0 Å². The van der Waals surface area contributed by atoms with Crippen LogP contribution in [0.1, 0.15) is 17.9 Å². The molecule has 1 aromatic heterocycles. The van der Waals surface area contributed by atoms with E-state index in [2.05, 4.69) is 31.4 Å². The Balaban J connectivity index is 1.59. The number of nitrogens with zero attached hydrogens (tertiary/aromatic N) is 2. The maximum Gasteiger partial charge on any atom is 0.227 e. The van der Waals surface area contributed by atoms with E-state index in [0.29, 0.717) is 28.8 Å². The Labute approximate surface area is 158 Å². The largest absolute Gasteiger partial charge is 0.339 e. The maximum atomic E-state index is 12.1. The minimum atomic E-state index is -0.131. The third-order valence-corrected chi connectivity index (χ3v) is 4.62. The number of carbonyl (C=O) groups excluding carboxylic acids is 1. The average molecular weight is 421 g/mol. The highest BCUT2D eigenvalue weighted by atomic mass is 79.9. The Morgan fingerprint density at radius 1 is 1.24 bits per heavy atom. The van der Waals surface area contributed by atoms with Crippen molar-refractivity contribution in [3.05, 3.63) is 63.4 Å². The van der Waals surface area contributed by atoms with E-state index in [9.17, 15) is 4.79 Å². The van der Waals surface area contributed by atoms with Crippen molar-refractivity contribution in [3.63, 3.8) is 0 Å². The SMILES string of the molecule is Cc1c(Cl)cccc1NC(=O)CCc1nc(-c2ccc(Br)cc2)no1. The number of hydrogen-bond acceptors (Lipinski definition) is 4. The smallest absolute Gasteiger partial charge is 0.227 e. The lowest BCUT2D eigenvalue weighted by molar-refractivity contribution is -0.116. The van der Waals surface area contributed by atoms with Gasteiger partial charge in [-0.15, -0.1) is 0 Å². The number of nitrogens with one attached hydrogen (secondary N) is 1. The van der Waals surface area contributed by atoms with Crippen LogP contribution in [0.2, 0.25) is 5.02 Å². The van der Waals surface area contributed by atoms with Gasteiger partial charge in [0.25, 0.3) is 0 Å². The summed E-state index contributed by atoms with van der Waals surface area (Å²) in [5, 5.41) is 7.42. The number of aryl methyl sites for hydroxylation is 1. The first kappa shape index (κ1) is 17.6. The standard InChI is InChI=1S/C18H15BrClN3O2/c1-11-14(20)3-2-4-15(11)21-16(24)9-10-17-22-18(23-25-17)12-5-7-13(19)8-6-12/h2-8H,9-10H2,1H3,(H,21,24). The molecule has 0 atom stereocenters. The first-order chi connectivity index (χ1) is 12.0. The Morgan fingerprint density at radius 3 is 2.76 bits per heavy atom. The minimum Gasteiger partial charge on any atom is -0.339 e. The third kappa shape index (κ3) is 4.46. The fourth-order valence-corrected chi connectivity index (χ4v) is 2.69. The van der Waals surface area contributed by atoms with Crippen LogP contribution in [-0.4, -0.2) is 16.0 Å². The van der Waals surface area contributed by atoms with Gasteiger partial charge in [0.2, 0.25) is 17.6 Å². The summed E-state index contributed by atoms with van der Waals surface area (Å²) in [7, 11) is 0. The molecule has 7 heteroatoms. The summed E-state index contributed by atoms with van der Waals surface area (Å²) in [5.74, 6) is 0.804. The normalized spacial score (nSPS) is 10.7. The zero-order valence-electron chi connectivity index (χ0n) is 13.4. The van der Waals surface area contributed by atoms with E-state index in [1.165, 1.54) is 0 Å². The zero-order chi connectivity index (χ0) is 17.8. The predicted octanol–water partition coefficient (Wildman–Crippen LogP) is 5.03. The van der Waals surface area contributed by atoms with Gasteiger partial charge in [-0.3, -0.25) is 4.79 Å². The van der Waals surface area contributed by atoms with E-state index in [0.717, 1.165) is 15.6 Å². The molecular formula is C18H15BrClN3O2. The molecule has 3 aromatic rings. The first-order valence-corrected chi connectivity index (χ1v) is 8.83. The fraction of sp³-hybridized carbons (Fsp3) is 0.167. The molecule has 0 spiro atoms. The average Bonchev–Trinajstić information content (AvgIpc) is 3.07. The molecule has 1 amide bonds. The summed E-state index contributed by atoms with van der Waals surface area (Å²) in [5.41, 5.74) is 2.41. The summed E-state index contributed by atoms with van der Waals surface area (Å²) in [6, 6.07) is 13.0. The van der Waals surface area contributed by atoms with E-state index in [-0.39, 0.29) is 12.3 Å². The van der Waals surface area contributed by atoms with E-state index >= 15 is 0 Å². The number of halogens is 2. The summed E-state index contributed by atoms with van der Waals surface area (Å²) in [4.78, 5) is 16.4. The summed E-state index contributed by atoms with van der Waals surface area (Å²) in [6.45, 7) is 1.86. The lowest BCUT2D eigenvalue weighted by Crippen LogP contribution is -2.13. The Bertz CT molecular complexity index is 894. The second kappa shape index (κ2) is 7.80. The van der Waals surface area contributed by atoms with Gasteiger partial charge in [-0.1, -0.05) is 38.8 Å². The molecule has 0 aliphatic carbocycles. The van der Waals surface area contributed by atoms with E-state index < -0.39 is 0 Å². The van der Waals surface area contributed by atoms with Crippen LogP contribution in [0.3, 0.4) is 0 Å². The highest BCUT2D eigenvalue weighted by molar-refractivity contribution is 9.10. The van der Waals surface area contributed by atoms with Gasteiger partial charge >= 0.3 is 0 Å². The van der Waals surface area contributed by atoms with Crippen molar-refractivity contribution >= 4 is 39.1 Å². The Morgan fingerprint density at radius 2 is 2.00 bits per heavy atom. The van der Waals surface area contributed by atoms with Crippen molar-refractivity contribution in [2.24, 2.45) is 0 Å². The van der Waals surface area contributed by atoms with Crippen LogP contribution < -0.4 is 5.32 Å². The molecule has 1 N–H and O–H groups in total. The number of hydrogen-bond donors (Lipinski definition) is 1. The molecule has 1 heterocycles. The summed E-state index contributed by atoms with van der Waals surface area (Å²) in [6.07, 6.45) is 0.614. The van der Waals surface area contributed by atoms with Gasteiger partial charge in [-0.25, -0.2) is 0 Å². The molecule has 0 radical (unpaired) electrons. The van der Waals surface area contributed by atoms with Crippen molar-refractivity contribution in [1.82, 2.24) is 10.1 Å². The van der Waals surface area contributed by atoms with Crippen LogP contribution >= 0.6 is 27.5 Å². The molecule has 0 saturated heterocycles. The van der Waals surface area contributed by atoms with Crippen molar-refractivity contribution < 1.29 is 9.32 Å². The van der Waals surface area contributed by atoms with Gasteiger partial charge in [0.05, 0.1) is 0 Å². The lowest BCUT2D eigenvalue weighted by Gasteiger charge is -2.08. The van der Waals surface area contributed by atoms with Crippen LogP contribution in [0.15, 0.2) is 51.5 Å². The Kier molecular flexibility index (Phi) is 5.50. The van der Waals surface area contributed by atoms with Crippen LogP contribution in [-0.2, 0) is 11.2 Å². The highest BCUT2D eigenvalue weighted by Gasteiger charge is 2.12. The molecule has 2 aromatic carbocycles. The molecular weight excluding hydrogens is 406 g/mol. The predicted molar refractivity (Wildman–Crippen MR) is 101 cm³/mol. The highest BCUT2D eigenvalue weighted by Crippen LogP contribution is 2.23. The molecule has 0 aliphatic rings. The molecule has 0 aliphatic heterocycles. The van der Waals surface area contributed by atoms with Crippen molar-refractivity contribution in [2.45, 2.75) is 19.8 Å². The lowest BCUT2D eigenvalue weighted by atomic mass is 10.2. The number of anilines is 1. The van der Waals surface area contributed by atoms with E-state index in [1.54, 1.807) is 12.1 Å². The number of amides is 1. The van der Waals surface area contributed by atoms with Crippen LogP contribution in [0.4, 0.5) is 5.69 Å². The summed E-state index contributed by atoms with van der Waals surface area (Å²) >= 11 is 9.44. The molecule has 0 saturated carbocycles. The Hall–Kier alpha value is -2.18. The zero-order valence-corrected chi connectivity index (χ0v) is 15.8. The monoisotopic (exact) mass is 419 g/mol. The van der Waals surface area contributed by atoms with E-state index in [4.69, 9.17) is 16.1 Å². The fourth-order valence-electron chi connectivity index (χ4n) is 2.25. The molecule has 0 fully saturated rings. The van der Waals surface area contributed by atoms with Crippen molar-refractivity contribution in [2.75, 3.05) is 5.32 Å². The number of rotatable bonds is 5. The summed E-state index contributed by atoms with van der Waals surface area (Å²) < 4.78 is 6.20. The van der Waals surface area contributed by atoms with Crippen molar-refractivity contribution in [3.8, 4) is 11.4 Å². The van der Waals surface area contributed by atoms with Gasteiger partial charge in [-0.2, -0.15) is 4.98 Å². The van der Waals surface area contributed by atoms with Gasteiger partial charge in [0.1, 0.15) is 0 Å². The first-order valence-electron chi connectivity index (χ1n) is 7.66. The van der Waals surface area contributed by atoms with Gasteiger partial charge in [-0.05, 0) is 48.9 Å². The molecule has 5 nitrogen and oxygen atoms in total. The number of benzene rings is 2. The molecule has 0 bridgehead atoms. The third-order valence-electron chi connectivity index (χ3n) is 3.68. The second-order valence-electron chi connectivity index (χ2n) is 5.48. The molecule has 3 rings (SSSR count). The number of carbonyl (C=O) groups is 1. The quantitative estimate of drug-likeness (QED) is 0.628. The molecule has 0 unspecified atom stereocenters. The van der Waals surface area contributed by atoms with Gasteiger partial charge in [0.15, 0.2) is 0 Å². The minimum absolute atomic E-state index is 0.131. The molecule has 25 heavy (non-hydrogen) atoms. The van der Waals surface area contributed by atoms with Crippen LogP contribution in [0.5, 0.6) is 0 Å². The van der Waals surface area contributed by atoms with Gasteiger partial charge in [0, 0.05) is 33.6 Å². The van der Waals surface area contributed by atoms with E-state index in [1.807, 2.05) is 37.3 Å².